The topological polar surface area (TPSA) is 61.8 Å². The first kappa shape index (κ1) is 19.3. The molecule has 2 aromatic carbocycles. The summed E-state index contributed by atoms with van der Waals surface area (Å²) in [7, 11) is 0. The van der Waals surface area contributed by atoms with Gasteiger partial charge in [0.2, 0.25) is 0 Å². The summed E-state index contributed by atoms with van der Waals surface area (Å²) in [5.41, 5.74) is 3.92. The summed E-state index contributed by atoms with van der Waals surface area (Å²) < 4.78 is 20.2. The minimum atomic E-state index is -0.606. The van der Waals surface area contributed by atoms with Gasteiger partial charge in [0.05, 0.1) is 11.7 Å². The molecule has 3 aliphatic rings. The molecule has 3 heterocycles. The average molecular weight is 408 g/mol. The summed E-state index contributed by atoms with van der Waals surface area (Å²) in [6.45, 7) is 6.39. The lowest BCUT2D eigenvalue weighted by Gasteiger charge is -2.30. The first-order valence-electron chi connectivity index (χ1n) is 10.4. The van der Waals surface area contributed by atoms with Gasteiger partial charge in [-0.2, -0.15) is 0 Å². The molecule has 30 heavy (non-hydrogen) atoms. The van der Waals surface area contributed by atoms with Crippen molar-refractivity contribution in [3.8, 4) is 0 Å². The van der Waals surface area contributed by atoms with Gasteiger partial charge in [-0.25, -0.2) is 4.39 Å². The number of ether oxygens (including phenoxy) is 1. The first-order valence-corrected chi connectivity index (χ1v) is 10.4. The highest BCUT2D eigenvalue weighted by Crippen LogP contribution is 2.48. The van der Waals surface area contributed by atoms with Crippen LogP contribution in [0.3, 0.4) is 0 Å². The number of nitrogens with zero attached hydrogens (tertiary/aromatic N) is 1. The smallest absolute Gasteiger partial charge is 0.260 e. The van der Waals surface area contributed by atoms with Gasteiger partial charge in [-0.05, 0) is 63.1 Å². The highest BCUT2D eigenvalue weighted by Gasteiger charge is 2.40. The number of amides is 1. The van der Waals surface area contributed by atoms with Crippen LogP contribution < -0.4 is 5.32 Å². The molecule has 5 nitrogen and oxygen atoms in total. The van der Waals surface area contributed by atoms with Crippen LogP contribution in [-0.2, 0) is 21.7 Å². The van der Waals surface area contributed by atoms with Crippen LogP contribution in [-0.4, -0.2) is 35.1 Å². The van der Waals surface area contributed by atoms with Crippen LogP contribution >= 0.6 is 0 Å². The largest absolute Gasteiger partial charge is 0.482 e. The lowest BCUT2D eigenvalue weighted by molar-refractivity contribution is -0.110. The molecule has 1 saturated heterocycles. The van der Waals surface area contributed by atoms with Crippen LogP contribution in [0.15, 0.2) is 36.4 Å². The van der Waals surface area contributed by atoms with Crippen molar-refractivity contribution < 1.29 is 19.0 Å². The summed E-state index contributed by atoms with van der Waals surface area (Å²) in [6, 6.07) is 10.5. The molecule has 0 saturated carbocycles. The Hall–Kier alpha value is -2.70. The van der Waals surface area contributed by atoms with Crippen molar-refractivity contribution in [3.63, 3.8) is 0 Å². The third-order valence-corrected chi connectivity index (χ3v) is 6.17. The molecule has 0 aromatic heterocycles. The molecule has 2 N–H and O–H groups in total. The molecule has 1 fully saturated rings. The number of fused-ring (bicyclic) bond motifs is 2. The van der Waals surface area contributed by atoms with Gasteiger partial charge in [0.25, 0.3) is 5.91 Å². The van der Waals surface area contributed by atoms with Gasteiger partial charge in [0.1, 0.15) is 17.2 Å². The highest BCUT2D eigenvalue weighted by atomic mass is 19.1. The summed E-state index contributed by atoms with van der Waals surface area (Å²) in [6.07, 6.45) is 1.61. The van der Waals surface area contributed by atoms with E-state index in [9.17, 15) is 14.3 Å². The van der Waals surface area contributed by atoms with Gasteiger partial charge < -0.3 is 15.2 Å². The number of hydrogen-bond donors (Lipinski definition) is 2. The second-order valence-corrected chi connectivity index (χ2v) is 8.87. The molecule has 2 aromatic rings. The quantitative estimate of drug-likeness (QED) is 0.741. The molecule has 1 unspecified atom stereocenters. The predicted molar refractivity (Wildman–Crippen MR) is 113 cm³/mol. The SMILES string of the molecule is CC1(C)O/C(=C2/C(=O)Nc3ccc(F)cc32)c2ccc(CN3CCCC(O)C3)cc21. The van der Waals surface area contributed by atoms with Gasteiger partial charge in [0, 0.05) is 35.5 Å². The third kappa shape index (κ3) is 3.20. The molecular formula is C24H25FN2O3. The standard InChI is InChI=1S/C24H25FN2O3/c1-24(2)19-10-14(12-27-9-3-4-16(28)13-27)5-7-17(19)22(30-24)21-18-11-15(25)6-8-20(18)26-23(21)29/h5-8,10-11,16,28H,3-4,9,12-13H2,1-2H3,(H,26,29)/b22-21+. The number of anilines is 1. The van der Waals surface area contributed by atoms with Crippen molar-refractivity contribution in [2.75, 3.05) is 18.4 Å². The molecule has 0 radical (unpaired) electrons. The van der Waals surface area contributed by atoms with E-state index >= 15 is 0 Å². The second-order valence-electron chi connectivity index (χ2n) is 8.87. The van der Waals surface area contributed by atoms with Gasteiger partial charge in [0.15, 0.2) is 0 Å². The monoisotopic (exact) mass is 408 g/mol. The lowest BCUT2D eigenvalue weighted by Crippen LogP contribution is -2.37. The van der Waals surface area contributed by atoms with Gasteiger partial charge in [-0.1, -0.05) is 12.1 Å². The van der Waals surface area contributed by atoms with E-state index in [2.05, 4.69) is 16.3 Å². The number of likely N-dealkylation sites (tertiary alicyclic amines) is 1. The summed E-state index contributed by atoms with van der Waals surface area (Å²) in [5, 5.41) is 12.7. The molecule has 3 aliphatic heterocycles. The molecule has 1 atom stereocenters. The fourth-order valence-corrected chi connectivity index (χ4v) is 4.73. The van der Waals surface area contributed by atoms with Crippen LogP contribution in [0.4, 0.5) is 10.1 Å². The van der Waals surface area contributed by atoms with E-state index in [-0.39, 0.29) is 17.8 Å². The Morgan fingerprint density at radius 2 is 2.07 bits per heavy atom. The van der Waals surface area contributed by atoms with E-state index in [0.717, 1.165) is 42.6 Å². The maximum Gasteiger partial charge on any atom is 0.260 e. The average Bonchev–Trinajstić information content (AvgIpc) is 3.14. The van der Waals surface area contributed by atoms with Crippen LogP contribution in [0, 0.1) is 5.82 Å². The number of aliphatic hydroxyl groups excluding tert-OH is 1. The molecule has 6 heteroatoms. The van der Waals surface area contributed by atoms with Gasteiger partial charge in [-0.3, -0.25) is 9.69 Å². The van der Waals surface area contributed by atoms with E-state index in [4.69, 9.17) is 4.74 Å². The molecule has 0 spiro atoms. The van der Waals surface area contributed by atoms with Crippen LogP contribution in [0.2, 0.25) is 0 Å². The maximum absolute atomic E-state index is 13.9. The van der Waals surface area contributed by atoms with E-state index in [0.29, 0.717) is 29.1 Å². The summed E-state index contributed by atoms with van der Waals surface area (Å²) in [4.78, 5) is 15.0. The van der Waals surface area contributed by atoms with Gasteiger partial charge in [-0.15, -0.1) is 0 Å². The molecule has 5 rings (SSSR count). The molecule has 1 amide bonds. The zero-order valence-corrected chi connectivity index (χ0v) is 17.2. The van der Waals surface area contributed by atoms with Crippen LogP contribution in [0.1, 0.15) is 48.9 Å². The Morgan fingerprint density at radius 1 is 1.23 bits per heavy atom. The molecule has 156 valence electrons. The van der Waals surface area contributed by atoms with E-state index < -0.39 is 5.60 Å². The van der Waals surface area contributed by atoms with Crippen molar-refractivity contribution >= 4 is 22.9 Å². The normalized spacial score (nSPS) is 24.9. The molecule has 0 bridgehead atoms. The Kier molecular flexibility index (Phi) is 4.45. The fourth-order valence-electron chi connectivity index (χ4n) is 4.73. The zero-order chi connectivity index (χ0) is 21.0. The number of piperidine rings is 1. The number of halogens is 1. The maximum atomic E-state index is 13.9. The Labute approximate surface area is 175 Å². The Bertz CT molecular complexity index is 1080. The molecule has 0 aliphatic carbocycles. The number of carbonyl (C=O) groups excluding carboxylic acids is 1. The highest BCUT2D eigenvalue weighted by molar-refractivity contribution is 6.36. The second kappa shape index (κ2) is 6.93. The van der Waals surface area contributed by atoms with E-state index in [1.165, 1.54) is 12.1 Å². The number of rotatable bonds is 2. The van der Waals surface area contributed by atoms with E-state index in [1.807, 2.05) is 26.0 Å². The fraction of sp³-hybridized carbons (Fsp3) is 0.375. The number of carbonyl (C=O) groups is 1. The molecular weight excluding hydrogens is 383 g/mol. The number of nitrogens with one attached hydrogen (secondary N) is 1. The number of aliphatic hydroxyl groups is 1. The van der Waals surface area contributed by atoms with Crippen molar-refractivity contribution in [1.82, 2.24) is 4.90 Å². The zero-order valence-electron chi connectivity index (χ0n) is 17.2. The minimum absolute atomic E-state index is 0.259. The summed E-state index contributed by atoms with van der Waals surface area (Å²) >= 11 is 0. The third-order valence-electron chi connectivity index (χ3n) is 6.17. The van der Waals surface area contributed by atoms with Crippen LogP contribution in [0.5, 0.6) is 0 Å². The van der Waals surface area contributed by atoms with Crippen molar-refractivity contribution in [2.45, 2.75) is 44.9 Å². The van der Waals surface area contributed by atoms with Crippen molar-refractivity contribution in [1.29, 1.82) is 0 Å². The predicted octanol–water partition coefficient (Wildman–Crippen LogP) is 3.87. The minimum Gasteiger partial charge on any atom is -0.482 e. The number of β-amino-alcohol motifs (C(OH)–C–C–N with tert-alkyl or cyclic N) is 1. The number of benzene rings is 2. The Morgan fingerprint density at radius 3 is 2.87 bits per heavy atom. The first-order chi connectivity index (χ1) is 14.3. The Balaban J connectivity index is 1.55. The van der Waals surface area contributed by atoms with Crippen LogP contribution in [0.25, 0.3) is 11.3 Å². The lowest BCUT2D eigenvalue weighted by atomic mass is 9.92. The van der Waals surface area contributed by atoms with E-state index in [1.54, 1.807) is 6.07 Å². The van der Waals surface area contributed by atoms with Crippen molar-refractivity contribution in [3.05, 3.63) is 64.5 Å². The van der Waals surface area contributed by atoms with Gasteiger partial charge >= 0.3 is 0 Å². The number of hydrogen-bond acceptors (Lipinski definition) is 4. The van der Waals surface area contributed by atoms with Crippen molar-refractivity contribution in [2.24, 2.45) is 0 Å². The summed E-state index contributed by atoms with van der Waals surface area (Å²) in [5.74, 6) is -0.169.